The van der Waals surface area contributed by atoms with Crippen molar-refractivity contribution in [1.82, 2.24) is 14.5 Å². The van der Waals surface area contributed by atoms with Crippen LogP contribution in [0.1, 0.15) is 22.9 Å². The molecular formula is C26H22F2N4O3S2. The minimum atomic E-state index is -1.06. The van der Waals surface area contributed by atoms with Gasteiger partial charge in [-0.2, -0.15) is 0 Å². The summed E-state index contributed by atoms with van der Waals surface area (Å²) in [5, 5.41) is 3.42. The van der Waals surface area contributed by atoms with Crippen molar-refractivity contribution >= 4 is 50.8 Å². The fourth-order valence-corrected chi connectivity index (χ4v) is 6.30. The van der Waals surface area contributed by atoms with Gasteiger partial charge in [0.2, 0.25) is 11.8 Å². The van der Waals surface area contributed by atoms with Gasteiger partial charge in [-0.1, -0.05) is 29.5 Å². The third-order valence-electron chi connectivity index (χ3n) is 6.12. The molecule has 0 aliphatic carbocycles. The molecule has 7 nitrogen and oxygen atoms in total. The van der Waals surface area contributed by atoms with Crippen LogP contribution in [0.2, 0.25) is 0 Å². The second-order valence-electron chi connectivity index (χ2n) is 8.71. The number of benzene rings is 2. The maximum atomic E-state index is 13.8. The van der Waals surface area contributed by atoms with Crippen molar-refractivity contribution < 1.29 is 18.4 Å². The van der Waals surface area contributed by atoms with E-state index in [4.69, 9.17) is 4.98 Å². The first-order chi connectivity index (χ1) is 17.7. The van der Waals surface area contributed by atoms with Gasteiger partial charge in [0.25, 0.3) is 5.56 Å². The fourth-order valence-electron chi connectivity index (χ4n) is 4.21. The molecule has 0 spiro atoms. The van der Waals surface area contributed by atoms with E-state index in [0.717, 1.165) is 39.9 Å². The van der Waals surface area contributed by atoms with E-state index in [1.807, 2.05) is 31.2 Å². The van der Waals surface area contributed by atoms with Gasteiger partial charge in [0.15, 0.2) is 16.8 Å². The number of fused-ring (bicyclic) bond motifs is 3. The highest BCUT2D eigenvalue weighted by Gasteiger charge is 2.26. The zero-order valence-corrected chi connectivity index (χ0v) is 21.6. The largest absolute Gasteiger partial charge is 0.337 e. The second-order valence-corrected chi connectivity index (χ2v) is 10.7. The summed E-state index contributed by atoms with van der Waals surface area (Å²) in [7, 11) is 0. The number of anilines is 1. The van der Waals surface area contributed by atoms with Crippen LogP contribution < -0.4 is 10.9 Å². The number of nitrogens with one attached hydrogen (secondary N) is 1. The molecule has 2 amide bonds. The van der Waals surface area contributed by atoms with Crippen molar-refractivity contribution in [2.45, 2.75) is 32.0 Å². The number of thioether (sulfide) groups is 1. The number of aromatic nitrogens is 2. The Kier molecular flexibility index (Phi) is 6.82. The maximum Gasteiger partial charge on any atom is 0.267 e. The van der Waals surface area contributed by atoms with Gasteiger partial charge in [-0.3, -0.25) is 19.0 Å². The molecule has 190 valence electrons. The zero-order valence-electron chi connectivity index (χ0n) is 20.0. The first kappa shape index (κ1) is 25.1. The number of amides is 2. The van der Waals surface area contributed by atoms with Gasteiger partial charge in [-0.15, -0.1) is 11.3 Å². The van der Waals surface area contributed by atoms with Crippen molar-refractivity contribution in [3.8, 4) is 5.69 Å². The first-order valence-electron chi connectivity index (χ1n) is 11.5. The monoisotopic (exact) mass is 540 g/mol. The second kappa shape index (κ2) is 10.1. The summed E-state index contributed by atoms with van der Waals surface area (Å²) in [5.74, 6) is -2.64. The van der Waals surface area contributed by atoms with E-state index in [1.54, 1.807) is 4.90 Å². The molecule has 0 atom stereocenters. The molecule has 11 heteroatoms. The summed E-state index contributed by atoms with van der Waals surface area (Å²) in [4.78, 5) is 46.3. The Morgan fingerprint density at radius 2 is 1.89 bits per heavy atom. The van der Waals surface area contributed by atoms with Gasteiger partial charge < -0.3 is 10.2 Å². The Morgan fingerprint density at radius 1 is 1.14 bits per heavy atom. The molecule has 0 saturated carbocycles. The van der Waals surface area contributed by atoms with Crippen LogP contribution in [-0.2, 0) is 22.6 Å². The van der Waals surface area contributed by atoms with E-state index < -0.39 is 17.5 Å². The topological polar surface area (TPSA) is 84.3 Å². The van der Waals surface area contributed by atoms with Crippen LogP contribution in [0.25, 0.3) is 15.9 Å². The SMILES string of the molecule is CC(=O)N1CCc2c(sc3nc(SCC(=O)Nc4ccc(F)c(F)c4)n(-c4ccc(C)cc4)c(=O)c23)C1. The standard InChI is InChI=1S/C26H22F2N4O3S2/c1-14-3-6-17(7-4-14)32-25(35)23-18-9-10-31(15(2)33)12-21(18)37-24(23)30-26(32)36-13-22(34)29-16-5-8-19(27)20(28)11-16/h3-8,11H,9-10,12-13H2,1-2H3,(H,29,34). The summed E-state index contributed by atoms with van der Waals surface area (Å²) in [6.07, 6.45) is 0.572. The lowest BCUT2D eigenvalue weighted by Gasteiger charge is -2.25. The van der Waals surface area contributed by atoms with Gasteiger partial charge in [-0.25, -0.2) is 13.8 Å². The molecule has 0 bridgehead atoms. The molecule has 2 aromatic heterocycles. The minimum absolute atomic E-state index is 0.0172. The van der Waals surface area contributed by atoms with Crippen LogP contribution >= 0.6 is 23.1 Å². The van der Waals surface area contributed by atoms with E-state index in [-0.39, 0.29) is 22.9 Å². The highest BCUT2D eigenvalue weighted by molar-refractivity contribution is 7.99. The van der Waals surface area contributed by atoms with Crippen LogP contribution in [0.15, 0.2) is 52.4 Å². The molecular weight excluding hydrogens is 518 g/mol. The number of aryl methyl sites for hydroxylation is 1. The highest BCUT2D eigenvalue weighted by atomic mass is 32.2. The van der Waals surface area contributed by atoms with E-state index in [9.17, 15) is 23.2 Å². The fraction of sp³-hybridized carbons (Fsp3) is 0.231. The summed E-state index contributed by atoms with van der Waals surface area (Å²) in [5.41, 5.74) is 2.47. The Balaban J connectivity index is 1.51. The molecule has 1 aliphatic rings. The van der Waals surface area contributed by atoms with Gasteiger partial charge in [0.05, 0.1) is 23.4 Å². The van der Waals surface area contributed by atoms with E-state index in [1.165, 1.54) is 28.9 Å². The minimum Gasteiger partial charge on any atom is -0.337 e. The Labute approximate surface area is 219 Å². The summed E-state index contributed by atoms with van der Waals surface area (Å²) >= 11 is 2.46. The van der Waals surface area contributed by atoms with Crippen LogP contribution in [0.5, 0.6) is 0 Å². The number of hydrogen-bond donors (Lipinski definition) is 1. The Bertz CT molecular complexity index is 1600. The number of carbonyl (C=O) groups excluding carboxylic acids is 2. The molecule has 1 N–H and O–H groups in total. The van der Waals surface area contributed by atoms with Crippen LogP contribution in [0.4, 0.5) is 14.5 Å². The molecule has 1 aliphatic heterocycles. The smallest absolute Gasteiger partial charge is 0.267 e. The lowest BCUT2D eigenvalue weighted by molar-refractivity contribution is -0.129. The van der Waals surface area contributed by atoms with Crippen molar-refractivity contribution in [2.75, 3.05) is 17.6 Å². The summed E-state index contributed by atoms with van der Waals surface area (Å²) in [6, 6.07) is 10.6. The zero-order chi connectivity index (χ0) is 26.3. The van der Waals surface area contributed by atoms with E-state index >= 15 is 0 Å². The maximum absolute atomic E-state index is 13.8. The molecule has 37 heavy (non-hydrogen) atoms. The molecule has 5 rings (SSSR count). The number of carbonyl (C=O) groups is 2. The number of hydrogen-bond acceptors (Lipinski definition) is 6. The van der Waals surface area contributed by atoms with Crippen molar-refractivity contribution in [1.29, 1.82) is 0 Å². The average molecular weight is 541 g/mol. The van der Waals surface area contributed by atoms with Crippen LogP contribution in [0.3, 0.4) is 0 Å². The van der Waals surface area contributed by atoms with Crippen LogP contribution in [-0.4, -0.2) is 38.6 Å². The summed E-state index contributed by atoms with van der Waals surface area (Å²) < 4.78 is 28.2. The molecule has 2 aromatic carbocycles. The lowest BCUT2D eigenvalue weighted by atomic mass is 10.1. The highest BCUT2D eigenvalue weighted by Crippen LogP contribution is 2.34. The Morgan fingerprint density at radius 3 is 2.59 bits per heavy atom. The molecule has 3 heterocycles. The quantitative estimate of drug-likeness (QED) is 0.294. The normalized spacial score (nSPS) is 13.0. The third kappa shape index (κ3) is 5.01. The van der Waals surface area contributed by atoms with Gasteiger partial charge in [-0.05, 0) is 43.2 Å². The van der Waals surface area contributed by atoms with Gasteiger partial charge >= 0.3 is 0 Å². The number of thiophene rings is 1. The third-order valence-corrected chi connectivity index (χ3v) is 8.17. The van der Waals surface area contributed by atoms with Crippen molar-refractivity contribution in [3.63, 3.8) is 0 Å². The lowest BCUT2D eigenvalue weighted by Crippen LogP contribution is -2.34. The molecule has 0 fully saturated rings. The van der Waals surface area contributed by atoms with Crippen molar-refractivity contribution in [2.24, 2.45) is 0 Å². The molecule has 4 aromatic rings. The van der Waals surface area contributed by atoms with Gasteiger partial charge in [0.1, 0.15) is 4.83 Å². The van der Waals surface area contributed by atoms with Crippen LogP contribution in [0, 0.1) is 18.6 Å². The molecule has 0 radical (unpaired) electrons. The Hall–Kier alpha value is -3.57. The number of rotatable bonds is 5. The van der Waals surface area contributed by atoms with E-state index in [2.05, 4.69) is 5.32 Å². The van der Waals surface area contributed by atoms with Gasteiger partial charge in [0, 0.05) is 30.1 Å². The van der Waals surface area contributed by atoms with E-state index in [0.29, 0.717) is 40.6 Å². The first-order valence-corrected chi connectivity index (χ1v) is 13.3. The number of nitrogens with zero attached hydrogens (tertiary/aromatic N) is 3. The average Bonchev–Trinajstić information content (AvgIpc) is 3.23. The summed E-state index contributed by atoms with van der Waals surface area (Å²) in [6.45, 7) is 4.46. The predicted octanol–water partition coefficient (Wildman–Crippen LogP) is 4.67. The van der Waals surface area contributed by atoms with Crippen molar-refractivity contribution in [3.05, 3.63) is 80.5 Å². The predicted molar refractivity (Wildman–Crippen MR) is 140 cm³/mol. The molecule has 0 saturated heterocycles. The molecule has 0 unspecified atom stereocenters. The number of halogens is 2.